The van der Waals surface area contributed by atoms with E-state index in [1.54, 1.807) is 7.05 Å². The normalized spacial score (nSPS) is 6.42. The lowest BCUT2D eigenvalue weighted by Gasteiger charge is -1.90. The van der Waals surface area contributed by atoms with Crippen molar-refractivity contribution in [1.29, 1.82) is 0 Å². The van der Waals surface area contributed by atoms with E-state index in [2.05, 4.69) is 5.32 Å². The molecule has 0 aliphatic heterocycles. The number of carbonyl (C=O) groups excluding carboxylic acids is 2. The van der Waals surface area contributed by atoms with Gasteiger partial charge in [0.15, 0.2) is 0 Å². The van der Waals surface area contributed by atoms with Gasteiger partial charge in [0.25, 0.3) is 0 Å². The van der Waals surface area contributed by atoms with Crippen LogP contribution in [-0.2, 0) is 9.59 Å². The Morgan fingerprint density at radius 3 is 1.92 bits per heavy atom. The van der Waals surface area contributed by atoms with Crippen LogP contribution < -0.4 is 5.32 Å². The van der Waals surface area contributed by atoms with Gasteiger partial charge in [0.05, 0.1) is 0 Å². The Kier molecular flexibility index (Phi) is 32.4. The summed E-state index contributed by atoms with van der Waals surface area (Å²) in [6, 6.07) is 0. The van der Waals surface area contributed by atoms with E-state index < -0.39 is 0 Å². The molecule has 0 saturated heterocycles. The van der Waals surface area contributed by atoms with Crippen molar-refractivity contribution in [1.82, 2.24) is 5.32 Å². The van der Waals surface area contributed by atoms with Crippen LogP contribution in [0.4, 0.5) is 0 Å². The molecule has 0 fully saturated rings. The zero-order chi connectivity index (χ0) is 10.4. The fraction of sp³-hybridized carbons (Fsp3) is 0.778. The minimum Gasteiger partial charge on any atom is -0.359 e. The Bertz CT molecular complexity index is 92.5. The maximum absolute atomic E-state index is 10.3. The highest BCUT2D eigenvalue weighted by molar-refractivity contribution is 5.77. The standard InChI is InChI=1S/C5H9NO2.2C2H6/c1-6-5(8)3-2-4-7;2*1-2/h4H,2-3H2,1H3,(H,6,8);2*1-2H3. The molecule has 3 nitrogen and oxygen atoms in total. The summed E-state index contributed by atoms with van der Waals surface area (Å²) in [4.78, 5) is 19.9. The van der Waals surface area contributed by atoms with Crippen LogP contribution >= 0.6 is 0 Å². The van der Waals surface area contributed by atoms with Gasteiger partial charge in [0, 0.05) is 19.9 Å². The van der Waals surface area contributed by atoms with Crippen LogP contribution in [0.3, 0.4) is 0 Å². The van der Waals surface area contributed by atoms with Crippen LogP contribution in [0.5, 0.6) is 0 Å². The molecule has 0 heterocycles. The summed E-state index contributed by atoms with van der Waals surface area (Å²) in [7, 11) is 1.55. The first-order valence-electron chi connectivity index (χ1n) is 4.45. The van der Waals surface area contributed by atoms with Crippen LogP contribution in [-0.4, -0.2) is 19.2 Å². The highest BCUT2D eigenvalue weighted by Crippen LogP contribution is 1.80. The fourth-order valence-electron chi connectivity index (χ4n) is 0.315. The van der Waals surface area contributed by atoms with Crippen molar-refractivity contribution < 1.29 is 9.59 Å². The average molecular weight is 175 g/mol. The summed E-state index contributed by atoms with van der Waals surface area (Å²) < 4.78 is 0. The molecule has 0 bridgehead atoms. The summed E-state index contributed by atoms with van der Waals surface area (Å²) in [5.41, 5.74) is 0. The van der Waals surface area contributed by atoms with Gasteiger partial charge in [-0.1, -0.05) is 27.7 Å². The largest absolute Gasteiger partial charge is 0.359 e. The van der Waals surface area contributed by atoms with Crippen LogP contribution in [0.1, 0.15) is 40.5 Å². The molecular formula is C9H21NO2. The maximum atomic E-state index is 10.3. The van der Waals surface area contributed by atoms with E-state index >= 15 is 0 Å². The lowest BCUT2D eigenvalue weighted by Crippen LogP contribution is -2.16. The molecule has 0 saturated carbocycles. The number of nitrogens with one attached hydrogen (secondary N) is 1. The number of amides is 1. The zero-order valence-electron chi connectivity index (χ0n) is 8.81. The summed E-state index contributed by atoms with van der Waals surface area (Å²) in [6.45, 7) is 8.00. The third kappa shape index (κ3) is 22.9. The second-order valence-corrected chi connectivity index (χ2v) is 1.38. The van der Waals surface area contributed by atoms with Gasteiger partial charge < -0.3 is 10.1 Å². The Labute approximate surface area is 75.5 Å². The van der Waals surface area contributed by atoms with Crippen LogP contribution in [0, 0.1) is 0 Å². The zero-order valence-corrected chi connectivity index (χ0v) is 8.81. The monoisotopic (exact) mass is 175 g/mol. The lowest BCUT2D eigenvalue weighted by atomic mass is 10.3. The first-order chi connectivity index (χ1) is 5.81. The predicted molar refractivity (Wildman–Crippen MR) is 52.1 cm³/mol. The van der Waals surface area contributed by atoms with Crippen LogP contribution in [0.2, 0.25) is 0 Å². The molecule has 3 heteroatoms. The van der Waals surface area contributed by atoms with Crippen molar-refractivity contribution in [2.75, 3.05) is 7.05 Å². The van der Waals surface area contributed by atoms with E-state index in [1.165, 1.54) is 0 Å². The van der Waals surface area contributed by atoms with Gasteiger partial charge in [-0.05, 0) is 0 Å². The summed E-state index contributed by atoms with van der Waals surface area (Å²) in [5, 5.41) is 2.40. The van der Waals surface area contributed by atoms with Gasteiger partial charge in [-0.25, -0.2) is 0 Å². The second kappa shape index (κ2) is 22.5. The minimum atomic E-state index is -0.0860. The van der Waals surface area contributed by atoms with E-state index in [4.69, 9.17) is 0 Å². The van der Waals surface area contributed by atoms with Gasteiger partial charge in [-0.2, -0.15) is 0 Å². The Morgan fingerprint density at radius 2 is 1.67 bits per heavy atom. The summed E-state index contributed by atoms with van der Waals surface area (Å²) in [6.07, 6.45) is 1.36. The number of rotatable bonds is 3. The molecule has 12 heavy (non-hydrogen) atoms. The Hall–Kier alpha value is -0.860. The molecule has 0 aliphatic rings. The van der Waals surface area contributed by atoms with Gasteiger partial charge in [0.1, 0.15) is 6.29 Å². The molecule has 0 aromatic heterocycles. The van der Waals surface area contributed by atoms with E-state index in [-0.39, 0.29) is 5.91 Å². The number of hydrogen-bond acceptors (Lipinski definition) is 2. The van der Waals surface area contributed by atoms with E-state index in [0.717, 1.165) is 6.29 Å². The van der Waals surface area contributed by atoms with E-state index in [1.807, 2.05) is 27.7 Å². The third-order valence-corrected chi connectivity index (χ3v) is 0.768. The molecule has 1 N–H and O–H groups in total. The quantitative estimate of drug-likeness (QED) is 0.664. The van der Waals surface area contributed by atoms with Gasteiger partial charge in [-0.3, -0.25) is 4.79 Å². The average Bonchev–Trinajstić information content (AvgIpc) is 2.20. The molecule has 0 unspecified atom stereocenters. The van der Waals surface area contributed by atoms with Crippen LogP contribution in [0.15, 0.2) is 0 Å². The van der Waals surface area contributed by atoms with Gasteiger partial charge in [0.2, 0.25) is 5.91 Å². The Morgan fingerprint density at radius 1 is 1.25 bits per heavy atom. The van der Waals surface area contributed by atoms with E-state index in [0.29, 0.717) is 12.8 Å². The van der Waals surface area contributed by atoms with Gasteiger partial charge >= 0.3 is 0 Å². The van der Waals surface area contributed by atoms with Crippen molar-refractivity contribution in [2.24, 2.45) is 0 Å². The van der Waals surface area contributed by atoms with Crippen molar-refractivity contribution in [3.8, 4) is 0 Å². The van der Waals surface area contributed by atoms with Crippen molar-refractivity contribution in [3.63, 3.8) is 0 Å². The number of aldehydes is 1. The third-order valence-electron chi connectivity index (χ3n) is 0.768. The summed E-state index contributed by atoms with van der Waals surface area (Å²) >= 11 is 0. The van der Waals surface area contributed by atoms with Crippen molar-refractivity contribution >= 4 is 12.2 Å². The predicted octanol–water partition coefficient (Wildman–Crippen LogP) is 1.76. The molecule has 74 valence electrons. The number of carbonyl (C=O) groups is 2. The van der Waals surface area contributed by atoms with Crippen molar-refractivity contribution in [2.45, 2.75) is 40.5 Å². The molecule has 0 radical (unpaired) electrons. The minimum absolute atomic E-state index is 0.0860. The lowest BCUT2D eigenvalue weighted by molar-refractivity contribution is -0.122. The molecule has 0 rings (SSSR count). The van der Waals surface area contributed by atoms with Crippen LogP contribution in [0.25, 0.3) is 0 Å². The summed E-state index contributed by atoms with van der Waals surface area (Å²) in [5.74, 6) is -0.0860. The highest BCUT2D eigenvalue weighted by Gasteiger charge is 1.92. The highest BCUT2D eigenvalue weighted by atomic mass is 16.1. The first kappa shape index (κ1) is 17.3. The molecule has 1 amide bonds. The fourth-order valence-corrected chi connectivity index (χ4v) is 0.315. The molecule has 0 aromatic rings. The first-order valence-corrected chi connectivity index (χ1v) is 4.45. The molecular weight excluding hydrogens is 154 g/mol. The number of hydrogen-bond donors (Lipinski definition) is 1. The second-order valence-electron chi connectivity index (χ2n) is 1.38. The maximum Gasteiger partial charge on any atom is 0.220 e. The molecule has 0 aliphatic carbocycles. The SMILES string of the molecule is CC.CC.CNC(=O)CCC=O. The molecule has 0 spiro atoms. The Balaban J connectivity index is -0.000000175. The topological polar surface area (TPSA) is 46.2 Å². The van der Waals surface area contributed by atoms with E-state index in [9.17, 15) is 9.59 Å². The van der Waals surface area contributed by atoms with Gasteiger partial charge in [-0.15, -0.1) is 0 Å². The molecule has 0 atom stereocenters. The smallest absolute Gasteiger partial charge is 0.220 e. The molecule has 0 aromatic carbocycles. The van der Waals surface area contributed by atoms with Crippen molar-refractivity contribution in [3.05, 3.63) is 0 Å².